The maximum absolute atomic E-state index is 12.5. The van der Waals surface area contributed by atoms with Crippen LogP contribution < -0.4 is 5.32 Å². The van der Waals surface area contributed by atoms with E-state index in [0.717, 1.165) is 0 Å². The van der Waals surface area contributed by atoms with E-state index in [-0.39, 0.29) is 5.91 Å². The summed E-state index contributed by atoms with van der Waals surface area (Å²) >= 11 is 0. The summed E-state index contributed by atoms with van der Waals surface area (Å²) in [5.41, 5.74) is 0.494. The van der Waals surface area contributed by atoms with Crippen molar-refractivity contribution in [1.82, 2.24) is 14.9 Å². The molecule has 2 fully saturated rings. The number of likely N-dealkylation sites (tertiary alicyclic amines) is 1. The average molecular weight is 304 g/mol. The zero-order valence-corrected chi connectivity index (χ0v) is 12.5. The van der Waals surface area contributed by atoms with Crippen LogP contribution in [0, 0.1) is 0 Å². The van der Waals surface area contributed by atoms with Crippen molar-refractivity contribution in [2.45, 2.75) is 18.6 Å². The molecule has 0 aromatic carbocycles. The minimum Gasteiger partial charge on any atom is -0.351 e. The van der Waals surface area contributed by atoms with Crippen molar-refractivity contribution < 1.29 is 14.3 Å². The third-order valence-electron chi connectivity index (χ3n) is 3.93. The molecule has 0 unspecified atom stereocenters. The number of hydrogen-bond donors (Lipinski definition) is 1. The largest absolute Gasteiger partial charge is 0.351 e. The van der Waals surface area contributed by atoms with E-state index in [9.17, 15) is 4.79 Å². The van der Waals surface area contributed by atoms with Crippen LogP contribution in [-0.4, -0.2) is 59.4 Å². The summed E-state index contributed by atoms with van der Waals surface area (Å²) in [5.74, 6) is -0.0314. The molecule has 0 atom stereocenters. The van der Waals surface area contributed by atoms with Crippen molar-refractivity contribution in [2.75, 3.05) is 38.2 Å². The standard InChI is InChI=1S/C15H20N4O3/c1-2-5-16-14-17-10-12(11-18-14)13(20)19-6-3-15(4-7-19)21-8-9-22-15/h2,10-11H,1,3-9H2,(H,16,17,18). The number of aromatic nitrogens is 2. The lowest BCUT2D eigenvalue weighted by Crippen LogP contribution is -2.47. The van der Waals surface area contributed by atoms with Crippen molar-refractivity contribution in [3.8, 4) is 0 Å². The molecule has 7 heteroatoms. The Bertz CT molecular complexity index is 530. The Kier molecular flexibility index (Phi) is 4.35. The van der Waals surface area contributed by atoms with E-state index in [1.807, 2.05) is 0 Å². The minimum atomic E-state index is -0.467. The van der Waals surface area contributed by atoms with E-state index in [0.29, 0.717) is 57.2 Å². The van der Waals surface area contributed by atoms with Gasteiger partial charge < -0.3 is 19.7 Å². The zero-order valence-electron chi connectivity index (χ0n) is 12.5. The van der Waals surface area contributed by atoms with E-state index in [1.54, 1.807) is 23.4 Å². The first kappa shape index (κ1) is 14.9. The summed E-state index contributed by atoms with van der Waals surface area (Å²) in [6, 6.07) is 0. The highest BCUT2D eigenvalue weighted by Crippen LogP contribution is 2.31. The first-order valence-electron chi connectivity index (χ1n) is 7.46. The van der Waals surface area contributed by atoms with Gasteiger partial charge in [0.15, 0.2) is 5.79 Å². The van der Waals surface area contributed by atoms with Gasteiger partial charge in [0, 0.05) is 44.9 Å². The number of piperidine rings is 1. The summed E-state index contributed by atoms with van der Waals surface area (Å²) < 4.78 is 11.3. The van der Waals surface area contributed by atoms with Gasteiger partial charge in [-0.3, -0.25) is 4.79 Å². The summed E-state index contributed by atoms with van der Waals surface area (Å²) in [6.07, 6.45) is 6.23. The van der Waals surface area contributed by atoms with E-state index in [2.05, 4.69) is 21.9 Å². The lowest BCUT2D eigenvalue weighted by Gasteiger charge is -2.37. The predicted molar refractivity (Wildman–Crippen MR) is 80.5 cm³/mol. The monoisotopic (exact) mass is 304 g/mol. The third-order valence-corrected chi connectivity index (χ3v) is 3.93. The number of amides is 1. The number of anilines is 1. The number of carbonyl (C=O) groups excluding carboxylic acids is 1. The number of ether oxygens (including phenoxy) is 2. The third kappa shape index (κ3) is 3.10. The highest BCUT2D eigenvalue weighted by Gasteiger charge is 2.40. The fourth-order valence-electron chi connectivity index (χ4n) is 2.71. The molecule has 1 aromatic rings. The Morgan fingerprint density at radius 2 is 1.95 bits per heavy atom. The van der Waals surface area contributed by atoms with Crippen LogP contribution in [-0.2, 0) is 9.47 Å². The Morgan fingerprint density at radius 1 is 1.32 bits per heavy atom. The second-order valence-corrected chi connectivity index (χ2v) is 5.36. The maximum Gasteiger partial charge on any atom is 0.256 e. The predicted octanol–water partition coefficient (Wildman–Crippen LogP) is 1.05. The van der Waals surface area contributed by atoms with Crippen LogP contribution in [0.4, 0.5) is 5.95 Å². The Labute approximate surface area is 129 Å². The first-order valence-corrected chi connectivity index (χ1v) is 7.46. The van der Waals surface area contributed by atoms with Gasteiger partial charge in [-0.25, -0.2) is 9.97 Å². The highest BCUT2D eigenvalue weighted by atomic mass is 16.7. The lowest BCUT2D eigenvalue weighted by atomic mass is 10.0. The zero-order chi connectivity index (χ0) is 15.4. The molecule has 0 radical (unpaired) electrons. The van der Waals surface area contributed by atoms with E-state index in [1.165, 1.54) is 0 Å². The fraction of sp³-hybridized carbons (Fsp3) is 0.533. The highest BCUT2D eigenvalue weighted by molar-refractivity contribution is 5.93. The molecule has 118 valence electrons. The fourth-order valence-corrected chi connectivity index (χ4v) is 2.71. The average Bonchev–Trinajstić information content (AvgIpc) is 3.02. The molecule has 3 rings (SSSR count). The van der Waals surface area contributed by atoms with Crippen LogP contribution in [0.15, 0.2) is 25.0 Å². The van der Waals surface area contributed by atoms with Gasteiger partial charge in [-0.2, -0.15) is 0 Å². The van der Waals surface area contributed by atoms with E-state index >= 15 is 0 Å². The van der Waals surface area contributed by atoms with Gasteiger partial charge in [0.05, 0.1) is 18.8 Å². The molecule has 2 aliphatic rings. The molecule has 22 heavy (non-hydrogen) atoms. The second kappa shape index (κ2) is 6.41. The van der Waals surface area contributed by atoms with Crippen LogP contribution in [0.3, 0.4) is 0 Å². The number of nitrogens with one attached hydrogen (secondary N) is 1. The van der Waals surface area contributed by atoms with Gasteiger partial charge in [0.1, 0.15) is 0 Å². The van der Waals surface area contributed by atoms with Crippen molar-refractivity contribution in [1.29, 1.82) is 0 Å². The van der Waals surface area contributed by atoms with Crippen LogP contribution in [0.2, 0.25) is 0 Å². The van der Waals surface area contributed by atoms with Gasteiger partial charge in [-0.15, -0.1) is 6.58 Å². The van der Waals surface area contributed by atoms with Crippen LogP contribution in [0.25, 0.3) is 0 Å². The summed E-state index contributed by atoms with van der Waals surface area (Å²) in [7, 11) is 0. The molecule has 2 saturated heterocycles. The SMILES string of the molecule is C=CCNc1ncc(C(=O)N2CCC3(CC2)OCCO3)cn1. The normalized spacial score (nSPS) is 20.1. The Morgan fingerprint density at radius 3 is 2.55 bits per heavy atom. The van der Waals surface area contributed by atoms with Crippen LogP contribution in [0.5, 0.6) is 0 Å². The summed E-state index contributed by atoms with van der Waals surface area (Å²) in [6.45, 7) is 6.72. The van der Waals surface area contributed by atoms with Gasteiger partial charge in [-0.1, -0.05) is 6.08 Å². The molecule has 1 aromatic heterocycles. The quantitative estimate of drug-likeness (QED) is 0.838. The second-order valence-electron chi connectivity index (χ2n) is 5.36. The van der Waals surface area contributed by atoms with Crippen molar-refractivity contribution in [2.24, 2.45) is 0 Å². The number of rotatable bonds is 4. The summed E-state index contributed by atoms with van der Waals surface area (Å²) in [5, 5.41) is 2.97. The molecule has 1 spiro atoms. The van der Waals surface area contributed by atoms with Crippen molar-refractivity contribution in [3.05, 3.63) is 30.6 Å². The molecule has 0 aliphatic carbocycles. The topological polar surface area (TPSA) is 76.6 Å². The molecule has 7 nitrogen and oxygen atoms in total. The number of carbonyl (C=O) groups is 1. The Balaban J connectivity index is 1.58. The van der Waals surface area contributed by atoms with Crippen LogP contribution in [0.1, 0.15) is 23.2 Å². The van der Waals surface area contributed by atoms with Gasteiger partial charge in [0.2, 0.25) is 5.95 Å². The molecule has 0 bridgehead atoms. The number of nitrogens with zero attached hydrogens (tertiary/aromatic N) is 3. The molecule has 1 amide bonds. The van der Waals surface area contributed by atoms with Gasteiger partial charge in [-0.05, 0) is 0 Å². The minimum absolute atomic E-state index is 0.0527. The molecule has 3 heterocycles. The molecule has 0 saturated carbocycles. The van der Waals surface area contributed by atoms with E-state index in [4.69, 9.17) is 9.47 Å². The summed E-state index contributed by atoms with van der Waals surface area (Å²) in [4.78, 5) is 22.5. The maximum atomic E-state index is 12.5. The Hall–Kier alpha value is -1.99. The molecule has 2 aliphatic heterocycles. The van der Waals surface area contributed by atoms with Crippen LogP contribution >= 0.6 is 0 Å². The van der Waals surface area contributed by atoms with E-state index < -0.39 is 5.79 Å². The molecular formula is C15H20N4O3. The molecule has 1 N–H and O–H groups in total. The first-order chi connectivity index (χ1) is 10.7. The molecular weight excluding hydrogens is 284 g/mol. The smallest absolute Gasteiger partial charge is 0.256 e. The number of hydrogen-bond acceptors (Lipinski definition) is 6. The van der Waals surface area contributed by atoms with Gasteiger partial charge >= 0.3 is 0 Å². The van der Waals surface area contributed by atoms with Crippen molar-refractivity contribution >= 4 is 11.9 Å². The van der Waals surface area contributed by atoms with Gasteiger partial charge in [0.25, 0.3) is 5.91 Å². The van der Waals surface area contributed by atoms with Crippen molar-refractivity contribution in [3.63, 3.8) is 0 Å². The lowest BCUT2D eigenvalue weighted by molar-refractivity contribution is -0.181.